The number of hydrogen-bond acceptors (Lipinski definition) is 3. The summed E-state index contributed by atoms with van der Waals surface area (Å²) in [5.74, 6) is 0.0109. The normalized spacial score (nSPS) is 15.3. The lowest BCUT2D eigenvalue weighted by Gasteiger charge is -2.23. The van der Waals surface area contributed by atoms with Gasteiger partial charge in [0.2, 0.25) is 0 Å². The topological polar surface area (TPSA) is 21.7 Å². The second kappa shape index (κ2) is 5.44. The smallest absolute Gasteiger partial charge is 0.497 e. The van der Waals surface area contributed by atoms with Gasteiger partial charge >= 0.3 is 6.36 Å². The lowest BCUT2D eigenvalue weighted by atomic mass is 10.1. The molecule has 0 spiro atoms. The van der Waals surface area contributed by atoms with Gasteiger partial charge in [-0.25, -0.2) is 0 Å². The molecule has 0 amide bonds. The molecule has 0 aliphatic carbocycles. The van der Waals surface area contributed by atoms with E-state index in [2.05, 4.69) is 4.74 Å². The maximum Gasteiger partial charge on any atom is 0.573 e. The van der Waals surface area contributed by atoms with Crippen LogP contribution < -0.4 is 14.4 Å². The van der Waals surface area contributed by atoms with Crippen LogP contribution in [0.4, 0.5) is 18.9 Å². The van der Waals surface area contributed by atoms with E-state index in [1.165, 1.54) is 13.2 Å². The van der Waals surface area contributed by atoms with Crippen molar-refractivity contribution in [1.29, 1.82) is 0 Å². The van der Waals surface area contributed by atoms with Crippen molar-refractivity contribution in [3.63, 3.8) is 0 Å². The van der Waals surface area contributed by atoms with E-state index in [0.717, 1.165) is 0 Å². The molecule has 2 rings (SSSR count). The van der Waals surface area contributed by atoms with Crippen molar-refractivity contribution < 1.29 is 22.6 Å². The molecule has 110 valence electrons. The van der Waals surface area contributed by atoms with E-state index in [9.17, 15) is 13.2 Å². The van der Waals surface area contributed by atoms with Gasteiger partial charge in [0.1, 0.15) is 5.75 Å². The van der Waals surface area contributed by atoms with E-state index in [0.29, 0.717) is 35.0 Å². The molecule has 0 radical (unpaired) electrons. The summed E-state index contributed by atoms with van der Waals surface area (Å²) in [7, 11) is 1.39. The molecule has 1 heterocycles. The summed E-state index contributed by atoms with van der Waals surface area (Å²) in [6, 6.07) is 2.87. The van der Waals surface area contributed by atoms with Crippen LogP contribution in [-0.2, 0) is 0 Å². The van der Waals surface area contributed by atoms with E-state index < -0.39 is 6.36 Å². The largest absolute Gasteiger partial charge is 0.573 e. The van der Waals surface area contributed by atoms with Crippen molar-refractivity contribution in [2.75, 3.05) is 18.6 Å². The summed E-state index contributed by atoms with van der Waals surface area (Å²) < 4.78 is 46.7. The molecule has 7 heteroatoms. The van der Waals surface area contributed by atoms with Gasteiger partial charge < -0.3 is 14.4 Å². The molecule has 0 N–H and O–H groups in total. The van der Waals surface area contributed by atoms with E-state index in [-0.39, 0.29) is 5.75 Å². The third-order valence-corrected chi connectivity index (χ3v) is 3.16. The van der Waals surface area contributed by atoms with Gasteiger partial charge in [0.25, 0.3) is 0 Å². The van der Waals surface area contributed by atoms with Crippen LogP contribution in [0.25, 0.3) is 0 Å². The number of alkyl halides is 3. The zero-order valence-electron chi connectivity index (χ0n) is 10.9. The van der Waals surface area contributed by atoms with Gasteiger partial charge in [0.15, 0.2) is 5.75 Å². The molecule has 1 aliphatic heterocycles. The average Bonchev–Trinajstić information content (AvgIpc) is 2.72. The summed E-state index contributed by atoms with van der Waals surface area (Å²) >= 11 is 5.88. The minimum atomic E-state index is -4.76. The Bertz CT molecular complexity index is 543. The number of benzene rings is 1. The van der Waals surface area contributed by atoms with Gasteiger partial charge in [0.05, 0.1) is 12.8 Å². The van der Waals surface area contributed by atoms with Gasteiger partial charge in [-0.05, 0) is 18.6 Å². The van der Waals surface area contributed by atoms with Crippen molar-refractivity contribution in [2.45, 2.75) is 19.7 Å². The fourth-order valence-corrected chi connectivity index (χ4v) is 2.31. The molecule has 0 saturated carbocycles. The number of nitrogens with zero attached hydrogens (tertiary/aromatic N) is 1. The van der Waals surface area contributed by atoms with Crippen LogP contribution in [0.15, 0.2) is 23.4 Å². The van der Waals surface area contributed by atoms with Gasteiger partial charge in [-0.2, -0.15) is 0 Å². The van der Waals surface area contributed by atoms with Crippen molar-refractivity contribution in [2.24, 2.45) is 0 Å². The Morgan fingerprint density at radius 1 is 1.30 bits per heavy atom. The van der Waals surface area contributed by atoms with E-state index in [1.807, 2.05) is 0 Å². The first-order chi connectivity index (χ1) is 9.30. The van der Waals surface area contributed by atoms with Crippen molar-refractivity contribution in [3.8, 4) is 11.5 Å². The first kappa shape index (κ1) is 14.8. The Kier molecular flexibility index (Phi) is 4.04. The quantitative estimate of drug-likeness (QED) is 0.835. The third kappa shape index (κ3) is 3.30. The van der Waals surface area contributed by atoms with Crippen LogP contribution in [0.2, 0.25) is 0 Å². The van der Waals surface area contributed by atoms with E-state index in [4.69, 9.17) is 16.3 Å². The molecule has 3 nitrogen and oxygen atoms in total. The van der Waals surface area contributed by atoms with Crippen LogP contribution in [0.5, 0.6) is 11.5 Å². The van der Waals surface area contributed by atoms with Gasteiger partial charge in [-0.1, -0.05) is 11.6 Å². The molecule has 0 saturated heterocycles. The number of halogens is 4. The predicted octanol–water partition coefficient (Wildman–Crippen LogP) is 4.19. The first-order valence-corrected chi connectivity index (χ1v) is 6.25. The molecule has 0 atom stereocenters. The Hall–Kier alpha value is -1.56. The fourth-order valence-electron chi connectivity index (χ4n) is 2.11. The Morgan fingerprint density at radius 3 is 2.50 bits per heavy atom. The highest BCUT2D eigenvalue weighted by molar-refractivity contribution is 6.30. The number of anilines is 1. The van der Waals surface area contributed by atoms with E-state index >= 15 is 0 Å². The summed E-state index contributed by atoms with van der Waals surface area (Å²) in [5.41, 5.74) is 0.963. The van der Waals surface area contributed by atoms with Crippen LogP contribution in [0, 0.1) is 6.92 Å². The second-order valence-electron chi connectivity index (χ2n) is 4.36. The molecular formula is C13H13ClF3NO2. The number of ether oxygens (including phenoxy) is 2. The van der Waals surface area contributed by atoms with Crippen LogP contribution in [0.1, 0.15) is 12.0 Å². The maximum absolute atomic E-state index is 12.5. The molecule has 0 aromatic heterocycles. The molecule has 20 heavy (non-hydrogen) atoms. The van der Waals surface area contributed by atoms with Crippen LogP contribution >= 0.6 is 11.6 Å². The molecule has 1 aliphatic rings. The summed E-state index contributed by atoms with van der Waals surface area (Å²) in [6.45, 7) is 2.21. The standard InChI is InChI=1S/C13H13ClF3NO2/c1-8-5-10(19-2)6-11(20-13(15,16)17)12(8)18-4-3-9(14)7-18/h5-7H,3-4H2,1-2H3. The molecule has 1 aromatic rings. The highest BCUT2D eigenvalue weighted by atomic mass is 35.5. The minimum absolute atomic E-state index is 0.294. The minimum Gasteiger partial charge on any atom is -0.497 e. The number of methoxy groups -OCH3 is 1. The lowest BCUT2D eigenvalue weighted by Crippen LogP contribution is -2.21. The van der Waals surface area contributed by atoms with Gasteiger partial charge in [-0.15, -0.1) is 13.2 Å². The molecule has 0 unspecified atom stereocenters. The zero-order chi connectivity index (χ0) is 14.9. The Morgan fingerprint density at radius 2 is 2.00 bits per heavy atom. The average molecular weight is 308 g/mol. The predicted molar refractivity (Wildman–Crippen MR) is 70.3 cm³/mol. The fraction of sp³-hybridized carbons (Fsp3) is 0.385. The highest BCUT2D eigenvalue weighted by Gasteiger charge is 2.34. The van der Waals surface area contributed by atoms with E-state index in [1.54, 1.807) is 24.1 Å². The van der Waals surface area contributed by atoms with Crippen LogP contribution in [-0.4, -0.2) is 20.0 Å². The molecule has 0 fully saturated rings. The Labute approximate surface area is 119 Å². The van der Waals surface area contributed by atoms with Crippen LogP contribution in [0.3, 0.4) is 0 Å². The summed E-state index contributed by atoms with van der Waals surface area (Å²) in [4.78, 5) is 1.65. The lowest BCUT2D eigenvalue weighted by molar-refractivity contribution is -0.274. The zero-order valence-corrected chi connectivity index (χ0v) is 11.7. The first-order valence-electron chi connectivity index (χ1n) is 5.87. The molecular weight excluding hydrogens is 295 g/mol. The Balaban J connectivity index is 2.48. The van der Waals surface area contributed by atoms with Crippen molar-refractivity contribution in [1.82, 2.24) is 0 Å². The third-order valence-electron chi connectivity index (χ3n) is 2.88. The highest BCUT2D eigenvalue weighted by Crippen LogP contribution is 2.41. The van der Waals surface area contributed by atoms with Crippen molar-refractivity contribution in [3.05, 3.63) is 28.9 Å². The number of aryl methyl sites for hydroxylation is 1. The number of hydrogen-bond donors (Lipinski definition) is 0. The van der Waals surface area contributed by atoms with Gasteiger partial charge in [0, 0.05) is 30.3 Å². The molecule has 0 bridgehead atoms. The van der Waals surface area contributed by atoms with Gasteiger partial charge in [-0.3, -0.25) is 0 Å². The molecule has 1 aromatic carbocycles. The number of rotatable bonds is 3. The maximum atomic E-state index is 12.5. The SMILES string of the molecule is COc1cc(C)c(N2C=C(Cl)CC2)c(OC(F)(F)F)c1. The second-order valence-corrected chi connectivity index (χ2v) is 4.84. The monoisotopic (exact) mass is 307 g/mol. The van der Waals surface area contributed by atoms with Crippen molar-refractivity contribution >= 4 is 17.3 Å². The summed E-state index contributed by atoms with van der Waals surface area (Å²) in [5, 5.41) is 0.596. The summed E-state index contributed by atoms with van der Waals surface area (Å²) in [6.07, 6.45) is -2.56.